The summed E-state index contributed by atoms with van der Waals surface area (Å²) >= 11 is 4.04. The number of carboxylic acids is 1. The van der Waals surface area contributed by atoms with Crippen LogP contribution in [-0.2, 0) is 24.0 Å². The third kappa shape index (κ3) is 9.55. The zero-order chi connectivity index (χ0) is 24.3. The van der Waals surface area contributed by atoms with Crippen LogP contribution < -0.4 is 21.3 Å². The van der Waals surface area contributed by atoms with E-state index < -0.39 is 60.4 Å². The van der Waals surface area contributed by atoms with Crippen LogP contribution in [0.15, 0.2) is 0 Å². The van der Waals surface area contributed by atoms with Crippen molar-refractivity contribution in [3.63, 3.8) is 0 Å². The number of carbonyl (C=O) groups is 5. The summed E-state index contributed by atoms with van der Waals surface area (Å²) in [5, 5.41) is 27.9. The molecule has 0 saturated carbocycles. The number of nitrogens with one attached hydrogen (secondary N) is 4. The predicted molar refractivity (Wildman–Crippen MR) is 116 cm³/mol. The molecule has 0 unspecified atom stereocenters. The maximum atomic E-state index is 12.9. The molecule has 6 N–H and O–H groups in total. The number of amides is 4. The Kier molecular flexibility index (Phi) is 12.8. The molecule has 0 aliphatic heterocycles. The molecule has 0 spiro atoms. The van der Waals surface area contributed by atoms with Crippen molar-refractivity contribution in [1.29, 1.82) is 0 Å². The third-order valence-electron chi connectivity index (χ3n) is 4.71. The Morgan fingerprint density at radius 1 is 0.839 bits per heavy atom. The molecule has 0 heterocycles. The van der Waals surface area contributed by atoms with E-state index in [1.54, 1.807) is 27.7 Å². The number of thiol groups is 1. The molecule has 0 aromatic rings. The molecule has 5 atom stereocenters. The molecule has 0 bridgehead atoms. The van der Waals surface area contributed by atoms with Gasteiger partial charge in [0.05, 0.1) is 6.61 Å². The number of aliphatic hydroxyl groups is 1. The number of carbonyl (C=O) groups excluding carboxylic acids is 4. The summed E-state index contributed by atoms with van der Waals surface area (Å²) in [6.45, 7) is 7.34. The van der Waals surface area contributed by atoms with Crippen molar-refractivity contribution in [3.8, 4) is 0 Å². The first-order chi connectivity index (χ1) is 14.4. The van der Waals surface area contributed by atoms with Crippen LogP contribution in [0.4, 0.5) is 0 Å². The van der Waals surface area contributed by atoms with E-state index in [9.17, 15) is 24.0 Å². The number of hydrogen-bond donors (Lipinski definition) is 7. The molecule has 178 valence electrons. The number of rotatable bonds is 13. The Morgan fingerprint density at radius 3 is 1.74 bits per heavy atom. The van der Waals surface area contributed by atoms with Gasteiger partial charge in [0.2, 0.25) is 23.6 Å². The summed E-state index contributed by atoms with van der Waals surface area (Å²) < 4.78 is 0. The van der Waals surface area contributed by atoms with Gasteiger partial charge in [0.25, 0.3) is 0 Å². The summed E-state index contributed by atoms with van der Waals surface area (Å²) in [6, 6.07) is -4.55. The second kappa shape index (κ2) is 13.9. The molecule has 4 amide bonds. The van der Waals surface area contributed by atoms with Crippen LogP contribution in [0, 0.1) is 11.8 Å². The minimum Gasteiger partial charge on any atom is -0.480 e. The van der Waals surface area contributed by atoms with Crippen LogP contribution >= 0.6 is 12.6 Å². The highest BCUT2D eigenvalue weighted by molar-refractivity contribution is 7.80. The Bertz CT molecular complexity index is 659. The molecule has 0 radical (unpaired) electrons. The van der Waals surface area contributed by atoms with Gasteiger partial charge in [-0.05, 0) is 11.8 Å². The lowest BCUT2D eigenvalue weighted by atomic mass is 9.96. The summed E-state index contributed by atoms with van der Waals surface area (Å²) in [5.74, 6) is -4.53. The van der Waals surface area contributed by atoms with Gasteiger partial charge in [-0.15, -0.1) is 0 Å². The summed E-state index contributed by atoms with van der Waals surface area (Å²) in [7, 11) is 0. The first-order valence-corrected chi connectivity index (χ1v) is 10.6. The highest BCUT2D eigenvalue weighted by Gasteiger charge is 2.34. The lowest BCUT2D eigenvalue weighted by Gasteiger charge is -2.29. The van der Waals surface area contributed by atoms with Crippen LogP contribution in [0.3, 0.4) is 0 Å². The molecule has 12 heteroatoms. The Balaban J connectivity index is 5.49. The van der Waals surface area contributed by atoms with E-state index in [4.69, 9.17) is 10.2 Å². The van der Waals surface area contributed by atoms with E-state index in [-0.39, 0.29) is 17.6 Å². The molecule has 0 rings (SSSR count). The fourth-order valence-corrected chi connectivity index (χ4v) is 2.88. The van der Waals surface area contributed by atoms with Gasteiger partial charge in [-0.1, -0.05) is 34.1 Å². The Hall–Kier alpha value is -2.34. The largest absolute Gasteiger partial charge is 0.480 e. The van der Waals surface area contributed by atoms with Gasteiger partial charge in [-0.2, -0.15) is 12.6 Å². The summed E-state index contributed by atoms with van der Waals surface area (Å²) in [4.78, 5) is 60.3. The van der Waals surface area contributed by atoms with Gasteiger partial charge >= 0.3 is 5.97 Å². The van der Waals surface area contributed by atoms with E-state index in [1.165, 1.54) is 6.92 Å². The number of aliphatic hydroxyl groups excluding tert-OH is 1. The fourth-order valence-electron chi connectivity index (χ4n) is 2.62. The van der Waals surface area contributed by atoms with Crippen molar-refractivity contribution in [1.82, 2.24) is 21.3 Å². The molecular formula is C19H34N4O7S. The van der Waals surface area contributed by atoms with Crippen molar-refractivity contribution >= 4 is 42.2 Å². The van der Waals surface area contributed by atoms with Crippen LogP contribution in [0.2, 0.25) is 0 Å². The summed E-state index contributed by atoms with van der Waals surface area (Å²) in [6.07, 6.45) is 0.498. The number of carboxylic acid groups (broad SMARTS) is 1. The first-order valence-electron chi connectivity index (χ1n) is 10.0. The lowest BCUT2D eigenvalue weighted by molar-refractivity contribution is -0.143. The molecule has 0 saturated heterocycles. The smallest absolute Gasteiger partial charge is 0.328 e. The topological polar surface area (TPSA) is 174 Å². The van der Waals surface area contributed by atoms with Crippen molar-refractivity contribution in [2.75, 3.05) is 12.4 Å². The molecule has 31 heavy (non-hydrogen) atoms. The van der Waals surface area contributed by atoms with Gasteiger partial charge in [-0.25, -0.2) is 4.79 Å². The van der Waals surface area contributed by atoms with Gasteiger partial charge in [0, 0.05) is 12.7 Å². The van der Waals surface area contributed by atoms with Crippen molar-refractivity contribution in [2.45, 2.75) is 65.2 Å². The molecule has 0 aliphatic rings. The highest BCUT2D eigenvalue weighted by atomic mass is 32.1. The van der Waals surface area contributed by atoms with Crippen LogP contribution in [0.5, 0.6) is 0 Å². The van der Waals surface area contributed by atoms with E-state index in [1.807, 2.05) is 0 Å². The monoisotopic (exact) mass is 462 g/mol. The van der Waals surface area contributed by atoms with Gasteiger partial charge in [0.15, 0.2) is 0 Å². The molecule has 0 aliphatic carbocycles. The van der Waals surface area contributed by atoms with Crippen molar-refractivity contribution < 1.29 is 34.2 Å². The Morgan fingerprint density at radius 2 is 1.35 bits per heavy atom. The first kappa shape index (κ1) is 28.7. The van der Waals surface area contributed by atoms with E-state index >= 15 is 0 Å². The SMILES string of the molecule is CC[C@H](C)[C@H](NC(=O)[C@@H](NC(=O)[C@H](CS)NC(C)=O)C(C)C)C(=O)N[C@@H](CO)C(=O)O. The average molecular weight is 463 g/mol. The molecule has 0 aromatic heterocycles. The standard InChI is InChI=1S/C19H34N4O7S/c1-6-10(4)15(18(28)21-12(7-24)19(29)30)23-17(27)14(9(2)3)22-16(26)13(8-31)20-11(5)25/h9-10,12-15,24,31H,6-8H2,1-5H3,(H,20,25)(H,21,28)(H,22,26)(H,23,27)(H,29,30)/t10-,12-,13-,14-,15-/m0/s1. The zero-order valence-corrected chi connectivity index (χ0v) is 19.4. The van der Waals surface area contributed by atoms with Crippen molar-refractivity contribution in [2.24, 2.45) is 11.8 Å². The van der Waals surface area contributed by atoms with E-state index in [2.05, 4.69) is 33.9 Å². The zero-order valence-electron chi connectivity index (χ0n) is 18.5. The second-order valence-corrected chi connectivity index (χ2v) is 7.98. The maximum absolute atomic E-state index is 12.9. The number of hydrogen-bond acceptors (Lipinski definition) is 7. The van der Waals surface area contributed by atoms with E-state index in [0.717, 1.165) is 0 Å². The van der Waals surface area contributed by atoms with Crippen LogP contribution in [-0.4, -0.2) is 76.3 Å². The quantitative estimate of drug-likeness (QED) is 0.166. The van der Waals surface area contributed by atoms with Crippen molar-refractivity contribution in [3.05, 3.63) is 0 Å². The Labute approximate surface area is 187 Å². The minimum absolute atomic E-state index is 0.0213. The lowest BCUT2D eigenvalue weighted by Crippen LogP contribution is -2.60. The predicted octanol–water partition coefficient (Wildman–Crippen LogP) is -1.35. The van der Waals surface area contributed by atoms with Gasteiger partial charge in [0.1, 0.15) is 24.2 Å². The van der Waals surface area contributed by atoms with E-state index in [0.29, 0.717) is 6.42 Å². The normalized spacial score (nSPS) is 15.7. The van der Waals surface area contributed by atoms with Crippen LogP contribution in [0.1, 0.15) is 41.0 Å². The maximum Gasteiger partial charge on any atom is 0.328 e. The third-order valence-corrected chi connectivity index (χ3v) is 5.08. The second-order valence-electron chi connectivity index (χ2n) is 7.62. The molecule has 0 fully saturated rings. The highest BCUT2D eigenvalue weighted by Crippen LogP contribution is 2.11. The minimum atomic E-state index is -1.51. The summed E-state index contributed by atoms with van der Waals surface area (Å²) in [5.41, 5.74) is 0. The molecule has 11 nitrogen and oxygen atoms in total. The average Bonchev–Trinajstić information content (AvgIpc) is 2.70. The number of aliphatic carboxylic acids is 1. The van der Waals surface area contributed by atoms with Gasteiger partial charge in [-0.3, -0.25) is 19.2 Å². The van der Waals surface area contributed by atoms with Gasteiger partial charge < -0.3 is 31.5 Å². The molecule has 0 aromatic carbocycles. The fraction of sp³-hybridized carbons (Fsp3) is 0.737. The van der Waals surface area contributed by atoms with Crippen LogP contribution in [0.25, 0.3) is 0 Å². The molecular weight excluding hydrogens is 428 g/mol.